The van der Waals surface area contributed by atoms with Crippen molar-refractivity contribution in [1.29, 1.82) is 0 Å². The summed E-state index contributed by atoms with van der Waals surface area (Å²) >= 11 is 17.1. The van der Waals surface area contributed by atoms with Crippen molar-refractivity contribution in [3.8, 4) is 0 Å². The predicted molar refractivity (Wildman–Crippen MR) is 73.6 cm³/mol. The summed E-state index contributed by atoms with van der Waals surface area (Å²) in [5.74, 6) is -1.14. The van der Waals surface area contributed by atoms with Crippen LogP contribution in [-0.2, 0) is 0 Å². The lowest BCUT2D eigenvalue weighted by Crippen LogP contribution is -2.12. The van der Waals surface area contributed by atoms with E-state index < -0.39 is 11.7 Å². The Labute approximate surface area is 123 Å². The summed E-state index contributed by atoms with van der Waals surface area (Å²) in [6.07, 6.45) is 1.27. The fraction of sp³-hybridized carbons (Fsp3) is 0. The predicted octanol–water partition coefficient (Wildman–Crippen LogP) is 4.43. The molecule has 0 fully saturated rings. The third kappa shape index (κ3) is 3.35. The Bertz CT molecular complexity index is 649. The highest BCUT2D eigenvalue weighted by Crippen LogP contribution is 2.22. The molecule has 1 heterocycles. The first kappa shape index (κ1) is 14.1. The van der Waals surface area contributed by atoms with E-state index in [0.717, 1.165) is 6.07 Å². The maximum absolute atomic E-state index is 13.2. The zero-order valence-electron chi connectivity index (χ0n) is 9.25. The van der Waals surface area contributed by atoms with Crippen molar-refractivity contribution in [2.45, 2.75) is 0 Å². The summed E-state index contributed by atoms with van der Waals surface area (Å²) in [7, 11) is 0. The number of carbonyl (C=O) groups excluding carboxylic acids is 1. The topological polar surface area (TPSA) is 42.0 Å². The Balaban J connectivity index is 2.25. The first-order chi connectivity index (χ1) is 8.97. The van der Waals surface area contributed by atoms with Gasteiger partial charge in [0.25, 0.3) is 5.91 Å². The molecule has 1 aromatic carbocycles. The Morgan fingerprint density at radius 3 is 2.58 bits per heavy atom. The van der Waals surface area contributed by atoms with Gasteiger partial charge < -0.3 is 5.32 Å². The second-order valence-electron chi connectivity index (χ2n) is 3.57. The van der Waals surface area contributed by atoms with Crippen LogP contribution in [0, 0.1) is 5.82 Å². The maximum Gasteiger partial charge on any atom is 0.257 e. The second-order valence-corrected chi connectivity index (χ2v) is 4.77. The fourth-order valence-electron chi connectivity index (χ4n) is 1.36. The van der Waals surface area contributed by atoms with E-state index in [9.17, 15) is 9.18 Å². The van der Waals surface area contributed by atoms with E-state index >= 15 is 0 Å². The third-order valence-electron chi connectivity index (χ3n) is 2.24. The largest absolute Gasteiger partial charge is 0.322 e. The van der Waals surface area contributed by atoms with Gasteiger partial charge in [-0.3, -0.25) is 4.79 Å². The van der Waals surface area contributed by atoms with Crippen LogP contribution in [-0.4, -0.2) is 10.9 Å². The average molecular weight is 320 g/mol. The minimum absolute atomic E-state index is 0.0250. The molecule has 0 unspecified atom stereocenters. The molecule has 0 bridgehead atoms. The first-order valence-electron chi connectivity index (χ1n) is 5.05. The normalized spacial score (nSPS) is 10.3. The molecule has 7 heteroatoms. The molecule has 0 atom stereocenters. The molecule has 2 rings (SSSR count). The first-order valence-corrected chi connectivity index (χ1v) is 6.18. The summed E-state index contributed by atoms with van der Waals surface area (Å²) in [5, 5.41) is 2.75. The number of hydrogen-bond acceptors (Lipinski definition) is 2. The number of rotatable bonds is 2. The van der Waals surface area contributed by atoms with Crippen LogP contribution in [0.3, 0.4) is 0 Å². The number of amides is 1. The quantitative estimate of drug-likeness (QED) is 0.832. The van der Waals surface area contributed by atoms with Gasteiger partial charge in [0.15, 0.2) is 0 Å². The van der Waals surface area contributed by atoms with Gasteiger partial charge in [-0.15, -0.1) is 0 Å². The number of pyridine rings is 1. The maximum atomic E-state index is 13.2. The van der Waals surface area contributed by atoms with Crippen LogP contribution < -0.4 is 5.32 Å². The van der Waals surface area contributed by atoms with Crippen LogP contribution in [0.1, 0.15) is 10.4 Å². The monoisotopic (exact) mass is 318 g/mol. The minimum atomic E-state index is -0.627. The van der Waals surface area contributed by atoms with E-state index in [1.165, 1.54) is 24.4 Å². The van der Waals surface area contributed by atoms with Crippen LogP contribution in [0.15, 0.2) is 30.5 Å². The van der Waals surface area contributed by atoms with Crippen LogP contribution in [0.4, 0.5) is 10.1 Å². The summed E-state index contributed by atoms with van der Waals surface area (Å²) in [4.78, 5) is 15.7. The molecule has 0 spiro atoms. The van der Waals surface area contributed by atoms with Crippen LogP contribution in [0.25, 0.3) is 0 Å². The van der Waals surface area contributed by atoms with Crippen molar-refractivity contribution in [1.82, 2.24) is 4.98 Å². The van der Waals surface area contributed by atoms with Crippen molar-refractivity contribution in [2.24, 2.45) is 0 Å². The SMILES string of the molecule is O=C(Nc1ccc(Cl)c(F)c1)c1cc(Cl)ncc1Cl. The zero-order chi connectivity index (χ0) is 14.0. The molecule has 0 radical (unpaired) electrons. The summed E-state index contributed by atoms with van der Waals surface area (Å²) < 4.78 is 13.2. The number of halogens is 4. The van der Waals surface area contributed by atoms with Crippen molar-refractivity contribution < 1.29 is 9.18 Å². The second kappa shape index (κ2) is 5.74. The summed E-state index contributed by atoms with van der Waals surface area (Å²) in [6.45, 7) is 0. The number of carbonyl (C=O) groups is 1. The van der Waals surface area contributed by atoms with Crippen molar-refractivity contribution in [3.63, 3.8) is 0 Å². The van der Waals surface area contributed by atoms with E-state index in [1.54, 1.807) is 0 Å². The highest BCUT2D eigenvalue weighted by molar-refractivity contribution is 6.35. The highest BCUT2D eigenvalue weighted by Gasteiger charge is 2.12. The molecule has 0 aliphatic carbocycles. The average Bonchev–Trinajstić information content (AvgIpc) is 2.36. The van der Waals surface area contributed by atoms with E-state index in [4.69, 9.17) is 34.8 Å². The molecule has 0 saturated heterocycles. The molecule has 1 N–H and O–H groups in total. The van der Waals surface area contributed by atoms with Gasteiger partial charge in [0.1, 0.15) is 11.0 Å². The number of hydrogen-bond donors (Lipinski definition) is 1. The van der Waals surface area contributed by atoms with Gasteiger partial charge in [0.05, 0.1) is 15.6 Å². The van der Waals surface area contributed by atoms with E-state index in [0.29, 0.717) is 0 Å². The molecule has 2 aromatic rings. The lowest BCUT2D eigenvalue weighted by atomic mass is 10.2. The van der Waals surface area contributed by atoms with Crippen molar-refractivity contribution >= 4 is 46.4 Å². The van der Waals surface area contributed by atoms with Gasteiger partial charge in [-0.1, -0.05) is 34.8 Å². The minimum Gasteiger partial charge on any atom is -0.322 e. The van der Waals surface area contributed by atoms with Gasteiger partial charge in [-0.2, -0.15) is 0 Å². The smallest absolute Gasteiger partial charge is 0.257 e. The molecule has 1 aromatic heterocycles. The van der Waals surface area contributed by atoms with Crippen LogP contribution >= 0.6 is 34.8 Å². The number of benzene rings is 1. The lowest BCUT2D eigenvalue weighted by molar-refractivity contribution is 0.102. The molecule has 0 aliphatic rings. The fourth-order valence-corrected chi connectivity index (χ4v) is 1.82. The van der Waals surface area contributed by atoms with E-state index in [1.807, 2.05) is 0 Å². The van der Waals surface area contributed by atoms with E-state index in [2.05, 4.69) is 10.3 Å². The number of anilines is 1. The number of nitrogens with one attached hydrogen (secondary N) is 1. The van der Waals surface area contributed by atoms with E-state index in [-0.39, 0.29) is 26.4 Å². The van der Waals surface area contributed by atoms with Gasteiger partial charge in [0, 0.05) is 11.9 Å². The van der Waals surface area contributed by atoms with Crippen molar-refractivity contribution in [3.05, 3.63) is 57.0 Å². The number of aromatic nitrogens is 1. The molecule has 98 valence electrons. The molecule has 19 heavy (non-hydrogen) atoms. The van der Waals surface area contributed by atoms with Gasteiger partial charge >= 0.3 is 0 Å². The van der Waals surface area contributed by atoms with Gasteiger partial charge in [0.2, 0.25) is 0 Å². The Hall–Kier alpha value is -1.36. The Kier molecular flexibility index (Phi) is 4.24. The summed E-state index contributed by atoms with van der Waals surface area (Å²) in [5.41, 5.74) is 0.410. The molecular weight excluding hydrogens is 314 g/mol. The number of nitrogens with zero attached hydrogens (tertiary/aromatic N) is 1. The lowest BCUT2D eigenvalue weighted by Gasteiger charge is -2.07. The Morgan fingerprint density at radius 2 is 1.89 bits per heavy atom. The molecule has 3 nitrogen and oxygen atoms in total. The molecule has 0 saturated carbocycles. The van der Waals surface area contributed by atoms with Crippen LogP contribution in [0.2, 0.25) is 15.2 Å². The van der Waals surface area contributed by atoms with Crippen molar-refractivity contribution in [2.75, 3.05) is 5.32 Å². The highest BCUT2D eigenvalue weighted by atomic mass is 35.5. The standard InChI is InChI=1S/C12H6Cl3FN2O/c13-8-2-1-6(3-10(8)16)18-12(19)7-4-11(15)17-5-9(7)14/h1-5H,(H,18,19). The summed E-state index contributed by atoms with van der Waals surface area (Å²) in [6, 6.07) is 5.25. The zero-order valence-corrected chi connectivity index (χ0v) is 11.5. The Morgan fingerprint density at radius 1 is 1.16 bits per heavy atom. The van der Waals surface area contributed by atoms with Gasteiger partial charge in [-0.05, 0) is 24.3 Å². The molecule has 1 amide bonds. The molecular formula is C12H6Cl3FN2O. The van der Waals surface area contributed by atoms with Gasteiger partial charge in [-0.25, -0.2) is 9.37 Å². The molecule has 0 aliphatic heterocycles. The third-order valence-corrected chi connectivity index (χ3v) is 3.06. The van der Waals surface area contributed by atoms with Crippen LogP contribution in [0.5, 0.6) is 0 Å².